The van der Waals surface area contributed by atoms with Crippen LogP contribution in [0.15, 0.2) is 10.6 Å². The van der Waals surface area contributed by atoms with Crippen molar-refractivity contribution in [1.82, 2.24) is 15.4 Å². The van der Waals surface area contributed by atoms with E-state index >= 15 is 0 Å². The summed E-state index contributed by atoms with van der Waals surface area (Å²) in [4.78, 5) is 14.4. The Bertz CT molecular complexity index is 465. The van der Waals surface area contributed by atoms with Crippen LogP contribution in [0.4, 0.5) is 4.79 Å². The normalized spacial score (nSPS) is 24.1. The minimum atomic E-state index is 0.0695. The molecule has 5 nitrogen and oxygen atoms in total. The summed E-state index contributed by atoms with van der Waals surface area (Å²) in [5.41, 5.74) is 0.888. The maximum atomic E-state index is 12.5. The van der Waals surface area contributed by atoms with Crippen LogP contribution in [-0.4, -0.2) is 28.7 Å². The summed E-state index contributed by atoms with van der Waals surface area (Å²) in [5, 5.41) is 7.28. The molecule has 0 radical (unpaired) electrons. The van der Waals surface area contributed by atoms with Crippen LogP contribution in [0.1, 0.15) is 62.4 Å². The highest BCUT2D eigenvalue weighted by Gasteiger charge is 2.33. The van der Waals surface area contributed by atoms with Gasteiger partial charge in [0, 0.05) is 18.7 Å². The van der Waals surface area contributed by atoms with Crippen molar-refractivity contribution < 1.29 is 9.32 Å². The molecule has 1 aromatic heterocycles. The molecule has 110 valence electrons. The third kappa shape index (κ3) is 2.81. The molecule has 2 amide bonds. The van der Waals surface area contributed by atoms with E-state index < -0.39 is 0 Å². The number of nitrogens with zero attached hydrogens (tertiary/aromatic N) is 2. The van der Waals surface area contributed by atoms with Crippen LogP contribution in [0.3, 0.4) is 0 Å². The molecule has 0 spiro atoms. The van der Waals surface area contributed by atoms with Crippen LogP contribution in [0, 0.1) is 6.92 Å². The molecule has 2 heterocycles. The summed E-state index contributed by atoms with van der Waals surface area (Å²) in [6.07, 6.45) is 8.02. The molecule has 2 aliphatic rings. The van der Waals surface area contributed by atoms with Gasteiger partial charge in [-0.25, -0.2) is 4.79 Å². The summed E-state index contributed by atoms with van der Waals surface area (Å²) < 4.78 is 5.15. The minimum absolute atomic E-state index is 0.0695. The van der Waals surface area contributed by atoms with Gasteiger partial charge in [0.05, 0.1) is 6.04 Å². The summed E-state index contributed by atoms with van der Waals surface area (Å²) in [6.45, 7) is 2.70. The van der Waals surface area contributed by atoms with Crippen LogP contribution in [0.2, 0.25) is 0 Å². The van der Waals surface area contributed by atoms with Crippen molar-refractivity contribution in [2.45, 2.75) is 64.0 Å². The van der Waals surface area contributed by atoms with Gasteiger partial charge in [-0.05, 0) is 32.6 Å². The number of aromatic nitrogens is 1. The van der Waals surface area contributed by atoms with E-state index in [1.54, 1.807) is 0 Å². The van der Waals surface area contributed by atoms with Crippen LogP contribution in [0.5, 0.6) is 0 Å². The SMILES string of the molecule is Cc1cc([C@@H]2CCCN2C(=O)NC2CCCCC2)no1. The number of rotatable bonds is 2. The molecule has 0 bridgehead atoms. The van der Waals surface area contributed by atoms with Gasteiger partial charge in [0.1, 0.15) is 11.5 Å². The Balaban J connectivity index is 1.63. The Morgan fingerprint density at radius 1 is 1.30 bits per heavy atom. The number of carbonyl (C=O) groups is 1. The van der Waals surface area contributed by atoms with Crippen LogP contribution < -0.4 is 5.32 Å². The lowest BCUT2D eigenvalue weighted by atomic mass is 9.96. The van der Waals surface area contributed by atoms with Gasteiger partial charge in [-0.15, -0.1) is 0 Å². The Morgan fingerprint density at radius 3 is 2.80 bits per heavy atom. The summed E-state index contributed by atoms with van der Waals surface area (Å²) in [7, 11) is 0. The number of amides is 2. The van der Waals surface area contributed by atoms with Crippen molar-refractivity contribution >= 4 is 6.03 Å². The first kappa shape index (κ1) is 13.5. The maximum Gasteiger partial charge on any atom is 0.318 e. The number of hydrogen-bond acceptors (Lipinski definition) is 3. The first-order valence-electron chi connectivity index (χ1n) is 7.74. The lowest BCUT2D eigenvalue weighted by Gasteiger charge is -2.28. The van der Waals surface area contributed by atoms with E-state index in [2.05, 4.69) is 10.5 Å². The number of aryl methyl sites for hydroxylation is 1. The van der Waals surface area contributed by atoms with Crippen molar-refractivity contribution in [2.75, 3.05) is 6.54 Å². The number of likely N-dealkylation sites (tertiary alicyclic amines) is 1. The second-order valence-corrected chi connectivity index (χ2v) is 6.00. The fourth-order valence-electron chi connectivity index (χ4n) is 3.36. The quantitative estimate of drug-likeness (QED) is 0.903. The van der Waals surface area contributed by atoms with Gasteiger partial charge in [-0.2, -0.15) is 0 Å². The molecular formula is C15H23N3O2. The first-order chi connectivity index (χ1) is 9.74. The van der Waals surface area contributed by atoms with Crippen LogP contribution in [-0.2, 0) is 0 Å². The van der Waals surface area contributed by atoms with Gasteiger partial charge in [-0.1, -0.05) is 24.4 Å². The predicted octanol–water partition coefficient (Wildman–Crippen LogP) is 3.16. The molecule has 1 saturated carbocycles. The number of urea groups is 1. The third-order valence-electron chi connectivity index (χ3n) is 4.43. The maximum absolute atomic E-state index is 12.5. The Hall–Kier alpha value is -1.52. The molecule has 0 aromatic carbocycles. The van der Waals surface area contributed by atoms with Crippen LogP contribution >= 0.6 is 0 Å². The minimum Gasteiger partial charge on any atom is -0.361 e. The zero-order chi connectivity index (χ0) is 13.9. The standard InChI is InChI=1S/C15H23N3O2/c1-11-10-13(17-20-11)14-8-5-9-18(14)15(19)16-12-6-3-2-4-7-12/h10,12,14H,2-9H2,1H3,(H,16,19)/t14-/m0/s1. The first-order valence-corrected chi connectivity index (χ1v) is 7.74. The Kier molecular flexibility index (Phi) is 3.94. The van der Waals surface area contributed by atoms with Gasteiger partial charge in [0.15, 0.2) is 0 Å². The lowest BCUT2D eigenvalue weighted by Crippen LogP contribution is -2.45. The monoisotopic (exact) mass is 277 g/mol. The zero-order valence-corrected chi connectivity index (χ0v) is 12.1. The van der Waals surface area contributed by atoms with Crippen molar-refractivity contribution in [1.29, 1.82) is 0 Å². The molecule has 2 fully saturated rings. The molecule has 1 aromatic rings. The molecule has 0 unspecified atom stereocenters. The van der Waals surface area contributed by atoms with Gasteiger partial charge in [-0.3, -0.25) is 0 Å². The van der Waals surface area contributed by atoms with Crippen molar-refractivity contribution in [3.8, 4) is 0 Å². The van der Waals surface area contributed by atoms with E-state index in [0.29, 0.717) is 6.04 Å². The van der Waals surface area contributed by atoms with Crippen molar-refractivity contribution in [3.63, 3.8) is 0 Å². The average molecular weight is 277 g/mol. The number of nitrogens with one attached hydrogen (secondary N) is 1. The molecule has 1 aliphatic heterocycles. The fourth-order valence-corrected chi connectivity index (χ4v) is 3.36. The number of carbonyl (C=O) groups excluding carboxylic acids is 1. The van der Waals surface area contributed by atoms with Gasteiger partial charge < -0.3 is 14.7 Å². The highest BCUT2D eigenvalue weighted by atomic mass is 16.5. The Labute approximate surface area is 119 Å². The molecule has 1 atom stereocenters. The Morgan fingerprint density at radius 2 is 2.10 bits per heavy atom. The molecule has 1 saturated heterocycles. The van der Waals surface area contributed by atoms with E-state index in [1.807, 2.05) is 17.9 Å². The zero-order valence-electron chi connectivity index (χ0n) is 12.1. The van der Waals surface area contributed by atoms with Crippen molar-refractivity contribution in [3.05, 3.63) is 17.5 Å². The van der Waals surface area contributed by atoms with E-state index in [4.69, 9.17) is 4.52 Å². The number of hydrogen-bond donors (Lipinski definition) is 1. The summed E-state index contributed by atoms with van der Waals surface area (Å²) in [6, 6.07) is 2.45. The largest absolute Gasteiger partial charge is 0.361 e. The van der Waals surface area contributed by atoms with E-state index in [0.717, 1.165) is 43.7 Å². The smallest absolute Gasteiger partial charge is 0.318 e. The van der Waals surface area contributed by atoms with E-state index in [1.165, 1.54) is 19.3 Å². The highest BCUT2D eigenvalue weighted by molar-refractivity contribution is 5.75. The van der Waals surface area contributed by atoms with Gasteiger partial charge in [0.25, 0.3) is 0 Å². The molecule has 3 rings (SSSR count). The predicted molar refractivity (Wildman–Crippen MR) is 75.3 cm³/mol. The highest BCUT2D eigenvalue weighted by Crippen LogP contribution is 2.31. The van der Waals surface area contributed by atoms with E-state index in [9.17, 15) is 4.79 Å². The van der Waals surface area contributed by atoms with Gasteiger partial charge >= 0.3 is 6.03 Å². The van der Waals surface area contributed by atoms with Crippen LogP contribution in [0.25, 0.3) is 0 Å². The second-order valence-electron chi connectivity index (χ2n) is 6.00. The molecule has 1 N–H and O–H groups in total. The molecular weight excluding hydrogens is 254 g/mol. The van der Waals surface area contributed by atoms with Gasteiger partial charge in [0.2, 0.25) is 0 Å². The lowest BCUT2D eigenvalue weighted by molar-refractivity contribution is 0.183. The molecule has 5 heteroatoms. The molecule has 1 aliphatic carbocycles. The second kappa shape index (κ2) is 5.85. The van der Waals surface area contributed by atoms with Crippen molar-refractivity contribution in [2.24, 2.45) is 0 Å². The van der Waals surface area contributed by atoms with E-state index in [-0.39, 0.29) is 12.1 Å². The fraction of sp³-hybridized carbons (Fsp3) is 0.733. The topological polar surface area (TPSA) is 58.4 Å². The third-order valence-corrected chi connectivity index (χ3v) is 4.43. The summed E-state index contributed by atoms with van der Waals surface area (Å²) >= 11 is 0. The summed E-state index contributed by atoms with van der Waals surface area (Å²) in [5.74, 6) is 0.805. The molecule has 20 heavy (non-hydrogen) atoms. The average Bonchev–Trinajstić information content (AvgIpc) is 3.08.